The Morgan fingerprint density at radius 2 is 1.15 bits per heavy atom. The molecule has 0 saturated carbocycles. The van der Waals surface area contributed by atoms with E-state index in [0.717, 1.165) is 58.0 Å². The van der Waals surface area contributed by atoms with Gasteiger partial charge in [0, 0.05) is 19.6 Å². The number of halogens is 9. The molecule has 198 valence electrons. The third kappa shape index (κ3) is 9.82. The summed E-state index contributed by atoms with van der Waals surface area (Å²) in [6.07, 6.45) is 1.39. The van der Waals surface area contributed by atoms with Crippen LogP contribution in [0, 0.1) is 0 Å². The van der Waals surface area contributed by atoms with Gasteiger partial charge in [-0.2, -0.15) is 39.5 Å². The minimum atomic E-state index is -6.79. The predicted molar refractivity (Wildman–Crippen MR) is 106 cm³/mol. The first-order valence-electron chi connectivity index (χ1n) is 11.7. The fourth-order valence-corrected chi connectivity index (χ4v) is 3.68. The first kappa shape index (κ1) is 30.3. The summed E-state index contributed by atoms with van der Waals surface area (Å²) in [5, 5.41) is 0. The minimum absolute atomic E-state index is 0.0608. The Balaban J connectivity index is 2.00. The largest absolute Gasteiger partial charge is 0.460 e. The lowest BCUT2D eigenvalue weighted by atomic mass is 9.97. The molecule has 1 atom stereocenters. The maximum atomic E-state index is 13.4. The molecule has 0 aromatic rings. The van der Waals surface area contributed by atoms with Crippen molar-refractivity contribution in [3.63, 3.8) is 0 Å². The van der Waals surface area contributed by atoms with E-state index < -0.39 is 36.8 Å². The SMILES string of the molecule is FC(F)(F)C(F)(F)C(F)(F)C(F)(F)CCCCCCCCCCCCOCC1CCCCO1. The molecule has 0 aliphatic carbocycles. The van der Waals surface area contributed by atoms with Crippen LogP contribution in [0.25, 0.3) is 0 Å². The summed E-state index contributed by atoms with van der Waals surface area (Å²) in [5.41, 5.74) is 0. The Kier molecular flexibility index (Phi) is 12.9. The Hall–Kier alpha value is -0.710. The van der Waals surface area contributed by atoms with Crippen LogP contribution in [0.2, 0.25) is 0 Å². The lowest BCUT2D eigenvalue weighted by Crippen LogP contribution is -2.60. The highest BCUT2D eigenvalue weighted by atomic mass is 19.4. The number of hydrogen-bond acceptors (Lipinski definition) is 2. The predicted octanol–water partition coefficient (Wildman–Crippen LogP) is 8.33. The van der Waals surface area contributed by atoms with Crippen molar-refractivity contribution < 1.29 is 49.0 Å². The zero-order chi connectivity index (χ0) is 25.0. The van der Waals surface area contributed by atoms with Crippen molar-refractivity contribution >= 4 is 0 Å². The molecule has 1 rings (SSSR count). The van der Waals surface area contributed by atoms with Gasteiger partial charge in [-0.1, -0.05) is 51.4 Å². The molecular formula is C22H35F9O2. The summed E-state index contributed by atoms with van der Waals surface area (Å²) >= 11 is 0. The van der Waals surface area contributed by atoms with Crippen LogP contribution in [0.4, 0.5) is 39.5 Å². The zero-order valence-electron chi connectivity index (χ0n) is 18.8. The summed E-state index contributed by atoms with van der Waals surface area (Å²) in [4.78, 5) is 0. The Bertz CT molecular complexity index is 518. The molecular weight excluding hydrogens is 467 g/mol. The lowest BCUT2D eigenvalue weighted by molar-refractivity contribution is -0.396. The second-order valence-corrected chi connectivity index (χ2v) is 8.70. The standard InChI is InChI=1S/C22H35F9O2/c23-19(24,20(25,26)21(27,28)22(29,30)31)14-10-7-5-3-1-2-4-6-8-11-15-32-17-18-13-9-12-16-33-18/h18H,1-17H2. The lowest BCUT2D eigenvalue weighted by Gasteiger charge is -2.33. The van der Waals surface area contributed by atoms with E-state index in [9.17, 15) is 39.5 Å². The van der Waals surface area contributed by atoms with E-state index in [0.29, 0.717) is 26.1 Å². The molecule has 0 N–H and O–H groups in total. The van der Waals surface area contributed by atoms with Crippen LogP contribution in [-0.4, -0.2) is 49.9 Å². The highest BCUT2D eigenvalue weighted by Crippen LogP contribution is 2.54. The molecule has 0 amide bonds. The number of rotatable bonds is 17. The first-order chi connectivity index (χ1) is 15.3. The van der Waals surface area contributed by atoms with E-state index in [-0.39, 0.29) is 12.5 Å². The van der Waals surface area contributed by atoms with Gasteiger partial charge >= 0.3 is 23.9 Å². The van der Waals surface area contributed by atoms with E-state index >= 15 is 0 Å². The third-order valence-corrected chi connectivity index (χ3v) is 5.82. The van der Waals surface area contributed by atoms with Crippen molar-refractivity contribution in [1.82, 2.24) is 0 Å². The average molecular weight is 503 g/mol. The second-order valence-electron chi connectivity index (χ2n) is 8.70. The van der Waals surface area contributed by atoms with Gasteiger partial charge in [-0.25, -0.2) is 0 Å². The van der Waals surface area contributed by atoms with Gasteiger partial charge in [-0.15, -0.1) is 0 Å². The van der Waals surface area contributed by atoms with E-state index in [1.54, 1.807) is 0 Å². The molecule has 0 spiro atoms. The molecule has 33 heavy (non-hydrogen) atoms. The molecule has 1 heterocycles. The van der Waals surface area contributed by atoms with Gasteiger partial charge in [0.2, 0.25) is 0 Å². The third-order valence-electron chi connectivity index (χ3n) is 5.82. The van der Waals surface area contributed by atoms with Crippen molar-refractivity contribution in [3.05, 3.63) is 0 Å². The summed E-state index contributed by atoms with van der Waals surface area (Å²) in [6.45, 7) is 2.13. The molecule has 0 aromatic carbocycles. The Morgan fingerprint density at radius 3 is 1.64 bits per heavy atom. The molecule has 1 saturated heterocycles. The Labute approximate surface area is 189 Å². The van der Waals surface area contributed by atoms with Crippen LogP contribution < -0.4 is 0 Å². The van der Waals surface area contributed by atoms with E-state index in [1.807, 2.05) is 0 Å². The van der Waals surface area contributed by atoms with E-state index in [2.05, 4.69) is 0 Å². The summed E-state index contributed by atoms with van der Waals surface area (Å²) in [5.74, 6) is -18.7. The van der Waals surface area contributed by atoms with Crippen molar-refractivity contribution in [2.75, 3.05) is 19.8 Å². The Morgan fingerprint density at radius 1 is 0.636 bits per heavy atom. The van der Waals surface area contributed by atoms with Gasteiger partial charge in [0.1, 0.15) is 0 Å². The van der Waals surface area contributed by atoms with Gasteiger partial charge in [0.15, 0.2) is 0 Å². The quantitative estimate of drug-likeness (QED) is 0.147. The van der Waals surface area contributed by atoms with Crippen LogP contribution >= 0.6 is 0 Å². The molecule has 11 heteroatoms. The monoisotopic (exact) mass is 502 g/mol. The summed E-state index contributed by atoms with van der Waals surface area (Å²) < 4.78 is 126. The van der Waals surface area contributed by atoms with Crippen LogP contribution in [0.15, 0.2) is 0 Å². The summed E-state index contributed by atoms with van der Waals surface area (Å²) in [6, 6.07) is 0. The normalized spacial score (nSPS) is 18.6. The summed E-state index contributed by atoms with van der Waals surface area (Å²) in [7, 11) is 0. The highest BCUT2D eigenvalue weighted by molar-refractivity contribution is 5.00. The fraction of sp³-hybridized carbons (Fsp3) is 1.00. The van der Waals surface area contributed by atoms with Crippen molar-refractivity contribution in [2.45, 2.75) is 120 Å². The molecule has 0 radical (unpaired) electrons. The molecule has 1 fully saturated rings. The van der Waals surface area contributed by atoms with Crippen LogP contribution in [0.1, 0.15) is 89.9 Å². The van der Waals surface area contributed by atoms with Crippen LogP contribution in [-0.2, 0) is 9.47 Å². The van der Waals surface area contributed by atoms with Crippen molar-refractivity contribution in [2.24, 2.45) is 0 Å². The molecule has 1 aliphatic heterocycles. The second kappa shape index (κ2) is 14.0. The van der Waals surface area contributed by atoms with Crippen molar-refractivity contribution in [3.8, 4) is 0 Å². The smallest absolute Gasteiger partial charge is 0.379 e. The molecule has 0 aromatic heterocycles. The van der Waals surface area contributed by atoms with Crippen molar-refractivity contribution in [1.29, 1.82) is 0 Å². The van der Waals surface area contributed by atoms with Gasteiger partial charge in [-0.05, 0) is 32.1 Å². The van der Waals surface area contributed by atoms with Gasteiger partial charge in [-0.3, -0.25) is 0 Å². The van der Waals surface area contributed by atoms with Gasteiger partial charge in [0.25, 0.3) is 0 Å². The van der Waals surface area contributed by atoms with Crippen LogP contribution in [0.3, 0.4) is 0 Å². The minimum Gasteiger partial charge on any atom is -0.379 e. The van der Waals surface area contributed by atoms with Crippen LogP contribution in [0.5, 0.6) is 0 Å². The number of hydrogen-bond donors (Lipinski definition) is 0. The molecule has 1 aliphatic rings. The van der Waals surface area contributed by atoms with Gasteiger partial charge in [0.05, 0.1) is 12.7 Å². The zero-order valence-corrected chi connectivity index (χ0v) is 18.8. The highest BCUT2D eigenvalue weighted by Gasteiger charge is 2.81. The molecule has 2 nitrogen and oxygen atoms in total. The maximum absolute atomic E-state index is 13.4. The van der Waals surface area contributed by atoms with E-state index in [1.165, 1.54) is 6.42 Å². The number of ether oxygens (including phenoxy) is 2. The number of unbranched alkanes of at least 4 members (excludes halogenated alkanes) is 9. The fourth-order valence-electron chi connectivity index (χ4n) is 3.68. The number of alkyl halides is 9. The maximum Gasteiger partial charge on any atom is 0.460 e. The van der Waals surface area contributed by atoms with E-state index in [4.69, 9.17) is 9.47 Å². The molecule has 1 unspecified atom stereocenters. The topological polar surface area (TPSA) is 18.5 Å². The first-order valence-corrected chi connectivity index (χ1v) is 11.7. The van der Waals surface area contributed by atoms with Gasteiger partial charge < -0.3 is 9.47 Å². The average Bonchev–Trinajstić information content (AvgIpc) is 2.73. The molecule has 0 bridgehead atoms.